The van der Waals surface area contributed by atoms with E-state index in [0.717, 1.165) is 23.2 Å². The van der Waals surface area contributed by atoms with Gasteiger partial charge in [-0.3, -0.25) is 0 Å². The molecule has 0 radical (unpaired) electrons. The van der Waals surface area contributed by atoms with Crippen LogP contribution >= 0.6 is 0 Å². The fourth-order valence-electron chi connectivity index (χ4n) is 2.05. The average molecular weight is 251 g/mol. The number of hydrogen-bond acceptors (Lipinski definition) is 3. The minimum absolute atomic E-state index is 0.538. The van der Waals surface area contributed by atoms with Crippen molar-refractivity contribution in [3.8, 4) is 5.75 Å². The van der Waals surface area contributed by atoms with E-state index in [1.165, 1.54) is 5.56 Å². The van der Waals surface area contributed by atoms with Crippen molar-refractivity contribution in [3.05, 3.63) is 59.7 Å². The van der Waals surface area contributed by atoms with Gasteiger partial charge in [0.15, 0.2) is 0 Å². The van der Waals surface area contributed by atoms with Gasteiger partial charge in [-0.1, -0.05) is 36.4 Å². The number of nitrogens with zero attached hydrogens (tertiary/aromatic N) is 1. The summed E-state index contributed by atoms with van der Waals surface area (Å²) in [5.41, 5.74) is 3.50. The molecule has 0 aromatic heterocycles. The van der Waals surface area contributed by atoms with Crippen molar-refractivity contribution in [2.75, 3.05) is 6.61 Å². The molecule has 0 N–H and O–H groups in total. The third-order valence-electron chi connectivity index (χ3n) is 3.11. The van der Waals surface area contributed by atoms with Crippen LogP contribution in [0.5, 0.6) is 5.75 Å². The highest BCUT2D eigenvalue weighted by Crippen LogP contribution is 2.12. The molecule has 3 nitrogen and oxygen atoms in total. The molecule has 2 aromatic rings. The van der Waals surface area contributed by atoms with E-state index >= 15 is 0 Å². The molecular weight excluding hydrogens is 237 g/mol. The Hall–Kier alpha value is -2.23. The van der Waals surface area contributed by atoms with Gasteiger partial charge in [0.25, 0.3) is 0 Å². The van der Waals surface area contributed by atoms with Gasteiger partial charge < -0.3 is 9.49 Å². The second kappa shape index (κ2) is 5.61. The first-order valence-corrected chi connectivity index (χ1v) is 6.37. The Morgan fingerprint density at radius 3 is 2.89 bits per heavy atom. The molecule has 0 aliphatic carbocycles. The maximum atomic E-state index is 5.77. The van der Waals surface area contributed by atoms with Gasteiger partial charge in [0.05, 0.1) is 12.8 Å². The third kappa shape index (κ3) is 2.96. The van der Waals surface area contributed by atoms with Crippen molar-refractivity contribution < 1.29 is 9.49 Å². The van der Waals surface area contributed by atoms with E-state index in [4.69, 9.17) is 9.49 Å². The van der Waals surface area contributed by atoms with E-state index < -0.39 is 0 Å². The van der Waals surface area contributed by atoms with Gasteiger partial charge in [-0.2, -0.15) is 0 Å². The molecule has 0 unspecified atom stereocenters. The Balaban J connectivity index is 1.60. The van der Waals surface area contributed by atoms with Gasteiger partial charge in [-0.25, -0.2) is 0 Å². The molecule has 0 saturated carbocycles. The molecule has 4 heteroatoms. The maximum absolute atomic E-state index is 5.77. The lowest BCUT2D eigenvalue weighted by molar-refractivity contribution is 0.322. The molecular formula is C15H14BNO2. The highest BCUT2D eigenvalue weighted by atomic mass is 16.6. The molecule has 1 aliphatic rings. The fraction of sp³-hybridized carbons (Fsp3) is 0.133. The summed E-state index contributed by atoms with van der Waals surface area (Å²) in [6, 6.07) is 16.3. The molecule has 0 amide bonds. The molecule has 3 rings (SSSR count). The van der Waals surface area contributed by atoms with Crippen LogP contribution in [0.25, 0.3) is 0 Å². The number of hydrogen-bond donors (Lipinski definition) is 0. The number of fused-ring (bicyclic) bond motifs is 1. The highest BCUT2D eigenvalue weighted by molar-refractivity contribution is 6.49. The lowest BCUT2D eigenvalue weighted by Crippen LogP contribution is -2.24. The quantitative estimate of drug-likeness (QED) is 0.773. The van der Waals surface area contributed by atoms with Crippen LogP contribution in [0, 0.1) is 0 Å². The van der Waals surface area contributed by atoms with E-state index in [-0.39, 0.29) is 0 Å². The molecule has 94 valence electrons. The van der Waals surface area contributed by atoms with Gasteiger partial charge in [0.2, 0.25) is 0 Å². The first kappa shape index (κ1) is 11.8. The van der Waals surface area contributed by atoms with Gasteiger partial charge in [-0.15, -0.1) is 5.16 Å². The fourth-order valence-corrected chi connectivity index (χ4v) is 2.05. The second-order valence-electron chi connectivity index (χ2n) is 4.45. The first-order chi connectivity index (χ1) is 9.42. The van der Waals surface area contributed by atoms with Crippen molar-refractivity contribution in [2.24, 2.45) is 5.16 Å². The predicted molar refractivity (Wildman–Crippen MR) is 77.5 cm³/mol. The summed E-state index contributed by atoms with van der Waals surface area (Å²) in [6.07, 6.45) is 2.64. The summed E-state index contributed by atoms with van der Waals surface area (Å²) >= 11 is 0. The number of ether oxygens (including phenoxy) is 1. The first-order valence-electron chi connectivity index (χ1n) is 6.37. The second-order valence-corrected chi connectivity index (χ2v) is 4.45. The van der Waals surface area contributed by atoms with Crippen LogP contribution in [-0.2, 0) is 11.2 Å². The molecule has 1 heterocycles. The van der Waals surface area contributed by atoms with Gasteiger partial charge in [-0.05, 0) is 28.7 Å². The maximum Gasteiger partial charge on any atom is 0.411 e. The van der Waals surface area contributed by atoms with E-state index in [1.54, 1.807) is 6.21 Å². The molecule has 1 aliphatic heterocycles. The summed E-state index contributed by atoms with van der Waals surface area (Å²) in [7, 11) is 0.538. The zero-order valence-electron chi connectivity index (χ0n) is 10.6. The normalized spacial score (nSPS) is 12.2. The zero-order valence-corrected chi connectivity index (χ0v) is 10.6. The Bertz CT molecular complexity index is 584. The summed E-state index contributed by atoms with van der Waals surface area (Å²) in [6.45, 7) is 0.677. The Labute approximate surface area is 113 Å². The smallest absolute Gasteiger partial charge is 0.411 e. The van der Waals surface area contributed by atoms with Crippen LogP contribution in [-0.4, -0.2) is 20.3 Å². The van der Waals surface area contributed by atoms with E-state index in [1.807, 2.05) is 36.4 Å². The molecule has 19 heavy (non-hydrogen) atoms. The summed E-state index contributed by atoms with van der Waals surface area (Å²) in [4.78, 5) is 0. The lowest BCUT2D eigenvalue weighted by Gasteiger charge is -2.11. The van der Waals surface area contributed by atoms with Crippen LogP contribution in [0.4, 0.5) is 0 Å². The minimum Gasteiger partial charge on any atom is -0.493 e. The van der Waals surface area contributed by atoms with E-state index in [2.05, 4.69) is 17.3 Å². The number of rotatable bonds is 4. The Morgan fingerprint density at radius 2 is 2.00 bits per heavy atom. The number of oxime groups is 1. The molecule has 2 aromatic carbocycles. The van der Waals surface area contributed by atoms with E-state index in [0.29, 0.717) is 14.1 Å². The topological polar surface area (TPSA) is 30.8 Å². The van der Waals surface area contributed by atoms with Crippen molar-refractivity contribution in [1.29, 1.82) is 0 Å². The average Bonchev–Trinajstić information content (AvgIpc) is 2.48. The van der Waals surface area contributed by atoms with Crippen molar-refractivity contribution in [2.45, 2.75) is 6.42 Å². The predicted octanol–water partition coefficient (Wildman–Crippen LogP) is 1.65. The largest absolute Gasteiger partial charge is 0.493 e. The summed E-state index contributed by atoms with van der Waals surface area (Å²) in [5.74, 6) is 0.878. The van der Waals surface area contributed by atoms with Gasteiger partial charge >= 0.3 is 7.48 Å². The third-order valence-corrected chi connectivity index (χ3v) is 3.11. The van der Waals surface area contributed by atoms with E-state index in [9.17, 15) is 0 Å². The summed E-state index contributed by atoms with van der Waals surface area (Å²) in [5, 5.41) is 3.81. The molecule has 0 fully saturated rings. The number of benzene rings is 2. The Morgan fingerprint density at radius 1 is 1.11 bits per heavy atom. The Kier molecular flexibility index (Phi) is 3.50. The molecule has 0 atom stereocenters. The van der Waals surface area contributed by atoms with Crippen LogP contribution < -0.4 is 10.2 Å². The van der Waals surface area contributed by atoms with Gasteiger partial charge in [0.1, 0.15) is 5.75 Å². The molecule has 0 saturated heterocycles. The van der Waals surface area contributed by atoms with Crippen LogP contribution in [0.1, 0.15) is 11.1 Å². The molecule has 0 spiro atoms. The summed E-state index contributed by atoms with van der Waals surface area (Å²) < 4.78 is 10.8. The standard InChI is InChI=1S/C15H14BNO2/c1-2-4-12(5-3-1)8-9-18-14-6-7-15-13(10-14)11-17-19-16-15/h1-7,10-11,16H,8-9H2. The SMILES string of the molecule is B1ON=Cc2cc(OCCc3ccccc3)ccc21. The molecule has 0 bridgehead atoms. The lowest BCUT2D eigenvalue weighted by atomic mass is 9.84. The van der Waals surface area contributed by atoms with Crippen molar-refractivity contribution >= 4 is 19.2 Å². The van der Waals surface area contributed by atoms with Crippen molar-refractivity contribution in [3.63, 3.8) is 0 Å². The van der Waals surface area contributed by atoms with Crippen LogP contribution in [0.15, 0.2) is 53.7 Å². The van der Waals surface area contributed by atoms with Crippen LogP contribution in [0.2, 0.25) is 0 Å². The zero-order chi connectivity index (χ0) is 12.9. The van der Waals surface area contributed by atoms with Gasteiger partial charge in [0, 0.05) is 6.42 Å². The minimum atomic E-state index is 0.538. The van der Waals surface area contributed by atoms with Crippen molar-refractivity contribution in [1.82, 2.24) is 0 Å². The highest BCUT2D eigenvalue weighted by Gasteiger charge is 2.09. The van der Waals surface area contributed by atoms with Crippen LogP contribution in [0.3, 0.4) is 0 Å². The monoisotopic (exact) mass is 251 g/mol.